The number of hydrogen-bond donors (Lipinski definition) is 0. The fourth-order valence-electron chi connectivity index (χ4n) is 2.74. The highest BCUT2D eigenvalue weighted by atomic mass is 35.5. The van der Waals surface area contributed by atoms with Gasteiger partial charge in [-0.05, 0) is 18.4 Å². The molecule has 2 aromatic rings. The van der Waals surface area contributed by atoms with E-state index >= 15 is 0 Å². The Morgan fingerprint density at radius 3 is 2.65 bits per heavy atom. The van der Waals surface area contributed by atoms with Crippen LogP contribution < -0.4 is 4.74 Å². The molecule has 1 fully saturated rings. The molecule has 0 atom stereocenters. The molecule has 20 heavy (non-hydrogen) atoms. The molecule has 1 aliphatic carbocycles. The van der Waals surface area contributed by atoms with Gasteiger partial charge in [-0.25, -0.2) is 4.68 Å². The molecule has 106 valence electrons. The third kappa shape index (κ3) is 2.98. The van der Waals surface area contributed by atoms with Crippen molar-refractivity contribution < 1.29 is 4.74 Å². The third-order valence-electron chi connectivity index (χ3n) is 3.86. The lowest BCUT2D eigenvalue weighted by Gasteiger charge is -2.22. The molecule has 0 radical (unpaired) electrons. The monoisotopic (exact) mass is 290 g/mol. The molecule has 0 unspecified atom stereocenters. The first-order chi connectivity index (χ1) is 9.84. The van der Waals surface area contributed by atoms with Gasteiger partial charge in [0.05, 0.1) is 12.2 Å². The van der Waals surface area contributed by atoms with Gasteiger partial charge in [0.1, 0.15) is 6.61 Å². The van der Waals surface area contributed by atoms with E-state index in [-0.39, 0.29) is 0 Å². The van der Waals surface area contributed by atoms with Gasteiger partial charge in [-0.2, -0.15) is 5.10 Å². The van der Waals surface area contributed by atoms with Crippen LogP contribution in [-0.4, -0.2) is 9.78 Å². The van der Waals surface area contributed by atoms with Crippen LogP contribution in [0.4, 0.5) is 0 Å². The molecule has 0 spiro atoms. The van der Waals surface area contributed by atoms with Crippen molar-refractivity contribution in [3.8, 4) is 5.75 Å². The van der Waals surface area contributed by atoms with E-state index in [4.69, 9.17) is 16.3 Å². The average molecular weight is 291 g/mol. The van der Waals surface area contributed by atoms with Crippen molar-refractivity contribution in [1.29, 1.82) is 0 Å². The second kappa shape index (κ2) is 6.31. The summed E-state index contributed by atoms with van der Waals surface area (Å²) in [6.07, 6.45) is 7.92. The zero-order chi connectivity index (χ0) is 13.8. The quantitative estimate of drug-likeness (QED) is 0.821. The van der Waals surface area contributed by atoms with Gasteiger partial charge in [0.15, 0.2) is 10.9 Å². The Hall–Kier alpha value is -1.48. The van der Waals surface area contributed by atoms with E-state index in [1.807, 2.05) is 35.0 Å². The SMILES string of the molecule is Clc1c(OCc2ccccc2)cnn1C1CCCCC1. The number of hydrogen-bond acceptors (Lipinski definition) is 2. The van der Waals surface area contributed by atoms with Crippen LogP contribution in [0.5, 0.6) is 5.75 Å². The lowest BCUT2D eigenvalue weighted by molar-refractivity contribution is 0.301. The van der Waals surface area contributed by atoms with E-state index < -0.39 is 0 Å². The number of nitrogens with zero attached hydrogens (tertiary/aromatic N) is 2. The summed E-state index contributed by atoms with van der Waals surface area (Å²) < 4.78 is 7.71. The minimum Gasteiger partial charge on any atom is -0.484 e. The maximum atomic E-state index is 6.40. The van der Waals surface area contributed by atoms with Crippen LogP contribution >= 0.6 is 11.6 Å². The summed E-state index contributed by atoms with van der Waals surface area (Å²) >= 11 is 6.40. The number of benzene rings is 1. The standard InChI is InChI=1S/C16H19ClN2O/c17-16-15(20-12-13-7-3-1-4-8-13)11-18-19(16)14-9-5-2-6-10-14/h1,3-4,7-8,11,14H,2,5-6,9-10,12H2. The van der Waals surface area contributed by atoms with Gasteiger partial charge >= 0.3 is 0 Å². The van der Waals surface area contributed by atoms with Gasteiger partial charge in [-0.1, -0.05) is 61.2 Å². The molecule has 0 amide bonds. The highest BCUT2D eigenvalue weighted by molar-refractivity contribution is 6.31. The zero-order valence-corrected chi connectivity index (χ0v) is 12.2. The smallest absolute Gasteiger partial charge is 0.176 e. The molecular formula is C16H19ClN2O. The summed E-state index contributed by atoms with van der Waals surface area (Å²) in [6.45, 7) is 0.525. The maximum Gasteiger partial charge on any atom is 0.176 e. The van der Waals surface area contributed by atoms with Crippen molar-refractivity contribution in [2.75, 3.05) is 0 Å². The number of halogens is 1. The Balaban J connectivity index is 1.67. The van der Waals surface area contributed by atoms with Crippen LogP contribution in [0.15, 0.2) is 36.5 Å². The molecular weight excluding hydrogens is 272 g/mol. The highest BCUT2D eigenvalue weighted by Gasteiger charge is 2.20. The summed E-state index contributed by atoms with van der Waals surface area (Å²) in [4.78, 5) is 0. The Bertz CT molecular complexity index is 547. The second-order valence-corrected chi connectivity index (χ2v) is 5.67. The van der Waals surface area contributed by atoms with Crippen molar-refractivity contribution in [2.24, 2.45) is 0 Å². The van der Waals surface area contributed by atoms with E-state index in [1.165, 1.54) is 32.1 Å². The molecule has 0 aliphatic heterocycles. The summed E-state index contributed by atoms with van der Waals surface area (Å²) in [5.74, 6) is 0.682. The van der Waals surface area contributed by atoms with Crippen molar-refractivity contribution in [3.63, 3.8) is 0 Å². The zero-order valence-electron chi connectivity index (χ0n) is 11.5. The molecule has 4 heteroatoms. The number of aromatic nitrogens is 2. The summed E-state index contributed by atoms with van der Waals surface area (Å²) in [5, 5.41) is 5.04. The molecule has 1 aliphatic rings. The van der Waals surface area contributed by atoms with Crippen molar-refractivity contribution in [1.82, 2.24) is 9.78 Å². The Morgan fingerprint density at radius 2 is 1.90 bits per heavy atom. The molecule has 1 aromatic heterocycles. The molecule has 1 aromatic carbocycles. The third-order valence-corrected chi connectivity index (χ3v) is 4.22. The van der Waals surface area contributed by atoms with Gasteiger partial charge in [0.2, 0.25) is 0 Å². The van der Waals surface area contributed by atoms with Crippen molar-refractivity contribution in [3.05, 3.63) is 47.2 Å². The summed E-state index contributed by atoms with van der Waals surface area (Å²) in [5.41, 5.74) is 1.13. The summed E-state index contributed by atoms with van der Waals surface area (Å²) in [6, 6.07) is 10.5. The van der Waals surface area contributed by atoms with Crippen LogP contribution in [-0.2, 0) is 6.61 Å². The lowest BCUT2D eigenvalue weighted by atomic mass is 9.96. The Kier molecular flexibility index (Phi) is 4.26. The number of rotatable bonds is 4. The van der Waals surface area contributed by atoms with Crippen LogP contribution in [0.3, 0.4) is 0 Å². The second-order valence-electron chi connectivity index (χ2n) is 5.31. The lowest BCUT2D eigenvalue weighted by Crippen LogP contribution is -2.14. The molecule has 0 bridgehead atoms. The van der Waals surface area contributed by atoms with Crippen molar-refractivity contribution in [2.45, 2.75) is 44.8 Å². The van der Waals surface area contributed by atoms with Crippen LogP contribution in [0.1, 0.15) is 43.7 Å². The maximum absolute atomic E-state index is 6.40. The van der Waals surface area contributed by atoms with Crippen LogP contribution in [0, 0.1) is 0 Å². The van der Waals surface area contributed by atoms with E-state index in [2.05, 4.69) is 5.10 Å². The molecule has 1 saturated carbocycles. The normalized spacial score (nSPS) is 16.2. The first kappa shape index (κ1) is 13.5. The fourth-order valence-corrected chi connectivity index (χ4v) is 3.03. The van der Waals surface area contributed by atoms with E-state index in [0.29, 0.717) is 23.6 Å². The van der Waals surface area contributed by atoms with Gasteiger partial charge in [0.25, 0.3) is 0 Å². The topological polar surface area (TPSA) is 27.1 Å². The van der Waals surface area contributed by atoms with Gasteiger partial charge < -0.3 is 4.74 Å². The first-order valence-electron chi connectivity index (χ1n) is 7.24. The number of ether oxygens (including phenoxy) is 1. The predicted molar refractivity (Wildman–Crippen MR) is 80.1 cm³/mol. The van der Waals surface area contributed by atoms with E-state index in [1.54, 1.807) is 6.20 Å². The van der Waals surface area contributed by atoms with Gasteiger partial charge in [0, 0.05) is 0 Å². The average Bonchev–Trinajstić information content (AvgIpc) is 2.88. The van der Waals surface area contributed by atoms with Gasteiger partial charge in [-0.3, -0.25) is 0 Å². The van der Waals surface area contributed by atoms with E-state index in [9.17, 15) is 0 Å². The first-order valence-corrected chi connectivity index (χ1v) is 7.62. The van der Waals surface area contributed by atoms with Gasteiger partial charge in [-0.15, -0.1) is 0 Å². The fraction of sp³-hybridized carbons (Fsp3) is 0.438. The minimum atomic E-state index is 0.435. The molecule has 0 saturated heterocycles. The molecule has 1 heterocycles. The highest BCUT2D eigenvalue weighted by Crippen LogP contribution is 2.34. The minimum absolute atomic E-state index is 0.435. The summed E-state index contributed by atoms with van der Waals surface area (Å²) in [7, 11) is 0. The Labute approximate surface area is 124 Å². The van der Waals surface area contributed by atoms with Crippen molar-refractivity contribution >= 4 is 11.6 Å². The Morgan fingerprint density at radius 1 is 1.15 bits per heavy atom. The van der Waals surface area contributed by atoms with Crippen LogP contribution in [0.25, 0.3) is 0 Å². The molecule has 3 nitrogen and oxygen atoms in total. The largest absolute Gasteiger partial charge is 0.484 e. The molecule has 0 N–H and O–H groups in total. The van der Waals surface area contributed by atoms with E-state index in [0.717, 1.165) is 5.56 Å². The predicted octanol–water partition coefficient (Wildman–Crippen LogP) is 4.62. The molecule has 3 rings (SSSR count). The van der Waals surface area contributed by atoms with Crippen LogP contribution in [0.2, 0.25) is 5.15 Å².